The van der Waals surface area contributed by atoms with E-state index in [0.29, 0.717) is 37.1 Å². The highest BCUT2D eigenvalue weighted by atomic mass is 16.5. The largest absolute Gasteiger partial charge is 0.379 e. The quantitative estimate of drug-likeness (QED) is 0.549. The summed E-state index contributed by atoms with van der Waals surface area (Å²) in [6, 6.07) is 2.20. The van der Waals surface area contributed by atoms with Crippen LogP contribution in [-0.4, -0.2) is 81.0 Å². The second-order valence-corrected chi connectivity index (χ2v) is 7.38. The highest BCUT2D eigenvalue weighted by Crippen LogP contribution is 2.04. The first-order valence-corrected chi connectivity index (χ1v) is 10.0. The Balaban J connectivity index is 1.64. The molecule has 10 heteroatoms. The predicted molar refractivity (Wildman–Crippen MR) is 109 cm³/mol. The SMILES string of the molecule is Cn1cnc2c1c(=O)n(CCCN(CCC#N)CCN1CCOCC1)c(=O)n2C. The molecule has 0 atom stereocenters. The lowest BCUT2D eigenvalue weighted by Gasteiger charge is -2.29. The van der Waals surface area contributed by atoms with Gasteiger partial charge >= 0.3 is 5.69 Å². The Morgan fingerprint density at radius 3 is 2.66 bits per heavy atom. The van der Waals surface area contributed by atoms with Crippen molar-refractivity contribution in [3.63, 3.8) is 0 Å². The van der Waals surface area contributed by atoms with Gasteiger partial charge in [-0.2, -0.15) is 5.26 Å². The molecule has 0 amide bonds. The fourth-order valence-corrected chi connectivity index (χ4v) is 3.70. The van der Waals surface area contributed by atoms with Gasteiger partial charge in [-0.3, -0.25) is 18.8 Å². The minimum atomic E-state index is -0.349. The summed E-state index contributed by atoms with van der Waals surface area (Å²) in [7, 11) is 3.38. The lowest BCUT2D eigenvalue weighted by molar-refractivity contribution is 0.0333. The van der Waals surface area contributed by atoms with Crippen LogP contribution in [0.25, 0.3) is 11.2 Å². The molecule has 0 bridgehead atoms. The van der Waals surface area contributed by atoms with Gasteiger partial charge in [0.25, 0.3) is 5.56 Å². The number of morpholine rings is 1. The average molecular weight is 403 g/mol. The maximum atomic E-state index is 12.8. The molecule has 3 rings (SSSR count). The summed E-state index contributed by atoms with van der Waals surface area (Å²) in [4.78, 5) is 34.1. The number of ether oxygens (including phenoxy) is 1. The Morgan fingerprint density at radius 1 is 1.17 bits per heavy atom. The maximum Gasteiger partial charge on any atom is 0.332 e. The lowest BCUT2D eigenvalue weighted by atomic mass is 10.3. The second-order valence-electron chi connectivity index (χ2n) is 7.38. The molecule has 0 spiro atoms. The van der Waals surface area contributed by atoms with Crippen molar-refractivity contribution in [3.8, 4) is 6.07 Å². The summed E-state index contributed by atoms with van der Waals surface area (Å²) in [5.41, 5.74) is 0.179. The molecule has 0 unspecified atom stereocenters. The smallest absolute Gasteiger partial charge is 0.332 e. The van der Waals surface area contributed by atoms with E-state index in [4.69, 9.17) is 10.00 Å². The van der Waals surface area contributed by atoms with Gasteiger partial charge in [-0.05, 0) is 13.0 Å². The van der Waals surface area contributed by atoms with Gasteiger partial charge in [-0.1, -0.05) is 0 Å². The average Bonchev–Trinajstić information content (AvgIpc) is 3.13. The minimum absolute atomic E-state index is 0.306. The van der Waals surface area contributed by atoms with E-state index in [1.165, 1.54) is 9.13 Å². The summed E-state index contributed by atoms with van der Waals surface area (Å²) in [5, 5.41) is 8.94. The maximum absolute atomic E-state index is 12.8. The van der Waals surface area contributed by atoms with Gasteiger partial charge in [0.1, 0.15) is 0 Å². The first-order valence-electron chi connectivity index (χ1n) is 10.0. The van der Waals surface area contributed by atoms with Crippen LogP contribution < -0.4 is 11.2 Å². The number of fused-ring (bicyclic) bond motifs is 1. The summed E-state index contributed by atoms with van der Waals surface area (Å²) < 4.78 is 9.74. The van der Waals surface area contributed by atoms with Gasteiger partial charge < -0.3 is 14.2 Å². The summed E-state index contributed by atoms with van der Waals surface area (Å²) in [6.45, 7) is 6.94. The third kappa shape index (κ3) is 4.93. The molecule has 0 aromatic carbocycles. The molecule has 0 radical (unpaired) electrons. The highest BCUT2D eigenvalue weighted by Gasteiger charge is 2.16. The molecule has 2 aromatic heterocycles. The van der Waals surface area contributed by atoms with Gasteiger partial charge in [-0.15, -0.1) is 0 Å². The topological polar surface area (TPSA) is 101 Å². The molecule has 1 saturated heterocycles. The zero-order valence-electron chi connectivity index (χ0n) is 17.2. The lowest BCUT2D eigenvalue weighted by Crippen LogP contribution is -2.42. The van der Waals surface area contributed by atoms with Crippen molar-refractivity contribution in [1.82, 2.24) is 28.5 Å². The number of imidazole rings is 1. The Morgan fingerprint density at radius 2 is 1.93 bits per heavy atom. The molecule has 3 heterocycles. The van der Waals surface area contributed by atoms with E-state index < -0.39 is 0 Å². The zero-order chi connectivity index (χ0) is 20.8. The first kappa shape index (κ1) is 21.2. The van der Waals surface area contributed by atoms with Crippen molar-refractivity contribution in [2.24, 2.45) is 14.1 Å². The van der Waals surface area contributed by atoms with Crippen LogP contribution >= 0.6 is 0 Å². The molecule has 0 aliphatic carbocycles. The molecule has 10 nitrogen and oxygen atoms in total. The van der Waals surface area contributed by atoms with E-state index in [9.17, 15) is 9.59 Å². The molecular formula is C19H29N7O3. The van der Waals surface area contributed by atoms with Crippen LogP contribution in [0, 0.1) is 11.3 Å². The summed E-state index contributed by atoms with van der Waals surface area (Å²) in [5.74, 6) is 0. The molecule has 1 aliphatic heterocycles. The van der Waals surface area contributed by atoms with Crippen molar-refractivity contribution in [3.05, 3.63) is 27.2 Å². The molecular weight excluding hydrogens is 374 g/mol. The van der Waals surface area contributed by atoms with E-state index in [1.54, 1.807) is 25.0 Å². The normalized spacial score (nSPS) is 15.2. The van der Waals surface area contributed by atoms with Crippen LogP contribution in [0.3, 0.4) is 0 Å². The fourth-order valence-electron chi connectivity index (χ4n) is 3.70. The Kier molecular flexibility index (Phi) is 7.19. The van der Waals surface area contributed by atoms with Crippen LogP contribution in [-0.2, 0) is 25.4 Å². The summed E-state index contributed by atoms with van der Waals surface area (Å²) in [6.07, 6.45) is 2.67. The Hall–Kier alpha value is -2.48. The number of aromatic nitrogens is 4. The zero-order valence-corrected chi connectivity index (χ0v) is 17.2. The fraction of sp³-hybridized carbons (Fsp3) is 0.684. The predicted octanol–water partition coefficient (Wildman–Crippen LogP) is -0.628. The standard InChI is InChI=1S/C19H29N7O3/c1-22-15-21-17-16(22)18(27)26(19(28)23(17)2)8-4-7-24(6-3-5-20)9-10-25-11-13-29-14-12-25/h15H,3-4,6-14H2,1-2H3. The first-order chi connectivity index (χ1) is 14.0. The molecule has 0 saturated carbocycles. The number of hydrogen-bond acceptors (Lipinski definition) is 7. The monoisotopic (exact) mass is 403 g/mol. The van der Waals surface area contributed by atoms with Crippen LogP contribution in [0.4, 0.5) is 0 Å². The molecule has 1 aliphatic rings. The van der Waals surface area contributed by atoms with Gasteiger partial charge in [-0.25, -0.2) is 9.78 Å². The molecule has 1 fully saturated rings. The third-order valence-electron chi connectivity index (χ3n) is 5.43. The molecule has 158 valence electrons. The Labute approximate surface area is 169 Å². The summed E-state index contributed by atoms with van der Waals surface area (Å²) >= 11 is 0. The van der Waals surface area contributed by atoms with Crippen LogP contribution in [0.2, 0.25) is 0 Å². The van der Waals surface area contributed by atoms with Gasteiger partial charge in [0, 0.05) is 59.8 Å². The molecule has 0 N–H and O–H groups in total. The van der Waals surface area contributed by atoms with E-state index in [2.05, 4.69) is 20.9 Å². The van der Waals surface area contributed by atoms with E-state index in [1.807, 2.05) is 0 Å². The number of nitriles is 1. The van der Waals surface area contributed by atoms with Gasteiger partial charge in [0.05, 0.1) is 25.6 Å². The van der Waals surface area contributed by atoms with Crippen LogP contribution in [0.5, 0.6) is 0 Å². The van der Waals surface area contributed by atoms with Crippen LogP contribution in [0.15, 0.2) is 15.9 Å². The molecule has 29 heavy (non-hydrogen) atoms. The van der Waals surface area contributed by atoms with Crippen LogP contribution in [0.1, 0.15) is 12.8 Å². The number of rotatable bonds is 9. The Bertz CT molecular complexity index is 979. The van der Waals surface area contributed by atoms with Gasteiger partial charge in [0.15, 0.2) is 11.2 Å². The third-order valence-corrected chi connectivity index (χ3v) is 5.43. The number of aryl methyl sites for hydroxylation is 2. The van der Waals surface area contributed by atoms with E-state index >= 15 is 0 Å². The molecule has 2 aromatic rings. The van der Waals surface area contributed by atoms with Gasteiger partial charge in [0.2, 0.25) is 0 Å². The van der Waals surface area contributed by atoms with Crippen molar-refractivity contribution in [2.75, 3.05) is 52.5 Å². The van der Waals surface area contributed by atoms with E-state index in [0.717, 1.165) is 45.9 Å². The van der Waals surface area contributed by atoms with Crippen molar-refractivity contribution in [2.45, 2.75) is 19.4 Å². The van der Waals surface area contributed by atoms with Crippen molar-refractivity contribution in [1.29, 1.82) is 5.26 Å². The second kappa shape index (κ2) is 9.82. The minimum Gasteiger partial charge on any atom is -0.379 e. The van der Waals surface area contributed by atoms with Crippen molar-refractivity contribution >= 4 is 11.2 Å². The number of nitrogens with zero attached hydrogens (tertiary/aromatic N) is 7. The highest BCUT2D eigenvalue weighted by molar-refractivity contribution is 5.69. The van der Waals surface area contributed by atoms with Crippen molar-refractivity contribution < 1.29 is 4.74 Å². The van der Waals surface area contributed by atoms with E-state index in [-0.39, 0.29) is 11.2 Å². The number of hydrogen-bond donors (Lipinski definition) is 0.